The topological polar surface area (TPSA) is 24.5 Å². The van der Waals surface area contributed by atoms with Crippen LogP contribution < -0.4 is 5.32 Å². The highest BCUT2D eigenvalue weighted by Gasteiger charge is 2.15. The first-order valence-electron chi connectivity index (χ1n) is 8.00. The van der Waals surface area contributed by atoms with Crippen molar-refractivity contribution in [3.05, 3.63) is 35.6 Å². The van der Waals surface area contributed by atoms with Crippen molar-refractivity contribution in [2.24, 2.45) is 0 Å². The van der Waals surface area contributed by atoms with E-state index >= 15 is 0 Å². The molecular formula is C17H29FN2O. The lowest BCUT2D eigenvalue weighted by atomic mass is 10.0. The lowest BCUT2D eigenvalue weighted by molar-refractivity contribution is 0.113. The first-order chi connectivity index (χ1) is 10.2. The fourth-order valence-corrected chi connectivity index (χ4v) is 2.45. The molecule has 1 aromatic rings. The van der Waals surface area contributed by atoms with E-state index in [0.29, 0.717) is 0 Å². The van der Waals surface area contributed by atoms with Gasteiger partial charge in [0.1, 0.15) is 5.82 Å². The molecule has 0 heterocycles. The third-order valence-corrected chi connectivity index (χ3v) is 3.67. The Morgan fingerprint density at radius 2 is 1.95 bits per heavy atom. The first-order valence-corrected chi connectivity index (χ1v) is 8.00. The van der Waals surface area contributed by atoms with E-state index in [1.165, 1.54) is 6.07 Å². The van der Waals surface area contributed by atoms with E-state index < -0.39 is 0 Å². The highest BCUT2D eigenvalue weighted by molar-refractivity contribution is 5.21. The lowest BCUT2D eigenvalue weighted by Crippen LogP contribution is -2.32. The summed E-state index contributed by atoms with van der Waals surface area (Å²) in [5, 5.41) is 3.39. The minimum Gasteiger partial charge on any atom is -0.380 e. The van der Waals surface area contributed by atoms with Crippen LogP contribution in [0.5, 0.6) is 0 Å². The molecule has 0 amide bonds. The highest BCUT2D eigenvalue weighted by atomic mass is 19.1. The maximum atomic E-state index is 13.9. The average Bonchev–Trinajstić information content (AvgIpc) is 2.50. The molecule has 0 saturated carbocycles. The van der Waals surface area contributed by atoms with Crippen molar-refractivity contribution < 1.29 is 9.13 Å². The minimum atomic E-state index is -0.124. The Morgan fingerprint density at radius 3 is 2.57 bits per heavy atom. The van der Waals surface area contributed by atoms with Crippen molar-refractivity contribution in [2.45, 2.75) is 33.2 Å². The Balaban J connectivity index is 2.56. The van der Waals surface area contributed by atoms with Crippen LogP contribution in [0, 0.1) is 5.82 Å². The number of halogens is 1. The van der Waals surface area contributed by atoms with E-state index in [-0.39, 0.29) is 11.9 Å². The van der Waals surface area contributed by atoms with Crippen LogP contribution >= 0.6 is 0 Å². The molecule has 0 bridgehead atoms. The smallest absolute Gasteiger partial charge is 0.127 e. The molecule has 1 unspecified atom stereocenters. The molecule has 120 valence electrons. The van der Waals surface area contributed by atoms with Gasteiger partial charge in [0, 0.05) is 31.3 Å². The predicted octanol–water partition coefficient (Wildman–Crippen LogP) is 3.22. The summed E-state index contributed by atoms with van der Waals surface area (Å²) < 4.78 is 19.4. The van der Waals surface area contributed by atoms with Gasteiger partial charge in [-0.1, -0.05) is 32.0 Å². The predicted molar refractivity (Wildman–Crippen MR) is 86.0 cm³/mol. The van der Waals surface area contributed by atoms with Crippen molar-refractivity contribution >= 4 is 0 Å². The van der Waals surface area contributed by atoms with E-state index in [1.807, 2.05) is 19.1 Å². The molecule has 0 aromatic heterocycles. The molecule has 0 radical (unpaired) electrons. The normalized spacial score (nSPS) is 12.8. The van der Waals surface area contributed by atoms with Crippen molar-refractivity contribution in [1.29, 1.82) is 0 Å². The Labute approximate surface area is 128 Å². The van der Waals surface area contributed by atoms with Crippen LogP contribution in [0.1, 0.15) is 38.8 Å². The summed E-state index contributed by atoms with van der Waals surface area (Å²) in [5.41, 5.74) is 0.764. The summed E-state index contributed by atoms with van der Waals surface area (Å²) in [4.78, 5) is 2.35. The number of rotatable bonds is 11. The van der Waals surface area contributed by atoms with Crippen molar-refractivity contribution in [3.63, 3.8) is 0 Å². The second kappa shape index (κ2) is 10.7. The van der Waals surface area contributed by atoms with Gasteiger partial charge in [-0.25, -0.2) is 4.39 Å². The van der Waals surface area contributed by atoms with Gasteiger partial charge in [0.2, 0.25) is 0 Å². The number of hydrogen-bond donors (Lipinski definition) is 1. The zero-order valence-electron chi connectivity index (χ0n) is 13.6. The van der Waals surface area contributed by atoms with Gasteiger partial charge in [0.25, 0.3) is 0 Å². The van der Waals surface area contributed by atoms with Crippen LogP contribution in [-0.4, -0.2) is 44.3 Å². The second-order valence-corrected chi connectivity index (χ2v) is 5.05. The van der Waals surface area contributed by atoms with Crippen LogP contribution in [0.3, 0.4) is 0 Å². The van der Waals surface area contributed by atoms with Gasteiger partial charge in [-0.2, -0.15) is 0 Å². The summed E-state index contributed by atoms with van der Waals surface area (Å²) in [7, 11) is 0. The van der Waals surface area contributed by atoms with Crippen LogP contribution in [0.4, 0.5) is 4.39 Å². The van der Waals surface area contributed by atoms with Gasteiger partial charge in [0.15, 0.2) is 0 Å². The van der Waals surface area contributed by atoms with Crippen molar-refractivity contribution in [1.82, 2.24) is 10.2 Å². The number of ether oxygens (including phenoxy) is 1. The number of benzene rings is 1. The Bertz CT molecular complexity index is 387. The monoisotopic (exact) mass is 296 g/mol. The fourth-order valence-electron chi connectivity index (χ4n) is 2.45. The van der Waals surface area contributed by atoms with Crippen molar-refractivity contribution in [2.75, 3.05) is 39.4 Å². The number of hydrogen-bond acceptors (Lipinski definition) is 3. The number of nitrogens with zero attached hydrogens (tertiary/aromatic N) is 1. The molecule has 0 aliphatic rings. The quantitative estimate of drug-likeness (QED) is 0.635. The van der Waals surface area contributed by atoms with Crippen LogP contribution in [0.2, 0.25) is 0 Å². The Hall–Kier alpha value is -0.970. The zero-order chi connectivity index (χ0) is 15.5. The molecule has 3 nitrogen and oxygen atoms in total. The molecule has 0 fully saturated rings. The van der Waals surface area contributed by atoms with E-state index in [4.69, 9.17) is 4.74 Å². The van der Waals surface area contributed by atoms with Gasteiger partial charge in [0.05, 0.1) is 6.61 Å². The largest absolute Gasteiger partial charge is 0.380 e. The molecule has 1 aromatic carbocycles. The molecule has 0 saturated heterocycles. The minimum absolute atomic E-state index is 0.0670. The molecular weight excluding hydrogens is 267 g/mol. The third kappa shape index (κ3) is 6.55. The molecule has 0 spiro atoms. The molecule has 1 N–H and O–H groups in total. The summed E-state index contributed by atoms with van der Waals surface area (Å²) >= 11 is 0. The molecule has 0 aliphatic carbocycles. The molecule has 1 atom stereocenters. The lowest BCUT2D eigenvalue weighted by Gasteiger charge is -2.25. The first kappa shape index (κ1) is 18.1. The van der Waals surface area contributed by atoms with Crippen LogP contribution in [-0.2, 0) is 4.74 Å². The van der Waals surface area contributed by atoms with E-state index in [2.05, 4.69) is 24.1 Å². The molecule has 21 heavy (non-hydrogen) atoms. The Morgan fingerprint density at radius 1 is 1.19 bits per heavy atom. The number of likely N-dealkylation sites (N-methyl/N-ethyl adjacent to an activating group) is 1. The van der Waals surface area contributed by atoms with Gasteiger partial charge in [-0.15, -0.1) is 0 Å². The number of nitrogens with one attached hydrogen (secondary N) is 1. The van der Waals surface area contributed by atoms with Crippen LogP contribution in [0.15, 0.2) is 24.3 Å². The summed E-state index contributed by atoms with van der Waals surface area (Å²) in [6.07, 6.45) is 0.898. The van der Waals surface area contributed by atoms with Gasteiger partial charge in [-0.05, 0) is 32.5 Å². The SMILES string of the molecule is CCNC(CCN(CC)CCOCC)c1ccccc1F. The summed E-state index contributed by atoms with van der Waals surface area (Å²) in [6.45, 7) is 11.4. The highest BCUT2D eigenvalue weighted by Crippen LogP contribution is 2.20. The van der Waals surface area contributed by atoms with E-state index in [1.54, 1.807) is 6.07 Å². The van der Waals surface area contributed by atoms with E-state index in [9.17, 15) is 4.39 Å². The molecule has 1 rings (SSSR count). The maximum Gasteiger partial charge on any atom is 0.127 e. The van der Waals surface area contributed by atoms with Gasteiger partial charge < -0.3 is 15.0 Å². The summed E-state index contributed by atoms with van der Waals surface area (Å²) in [5.74, 6) is -0.124. The fraction of sp³-hybridized carbons (Fsp3) is 0.647. The molecule has 4 heteroatoms. The van der Waals surface area contributed by atoms with Gasteiger partial charge >= 0.3 is 0 Å². The Kier molecular flexibility index (Phi) is 9.22. The zero-order valence-corrected chi connectivity index (χ0v) is 13.6. The maximum absolute atomic E-state index is 13.9. The van der Waals surface area contributed by atoms with Crippen LogP contribution in [0.25, 0.3) is 0 Å². The summed E-state index contributed by atoms with van der Waals surface area (Å²) in [6, 6.07) is 7.11. The van der Waals surface area contributed by atoms with Crippen molar-refractivity contribution in [3.8, 4) is 0 Å². The second-order valence-electron chi connectivity index (χ2n) is 5.05. The molecule has 0 aliphatic heterocycles. The van der Waals surface area contributed by atoms with E-state index in [0.717, 1.165) is 51.4 Å². The van der Waals surface area contributed by atoms with Gasteiger partial charge in [-0.3, -0.25) is 0 Å². The standard InChI is InChI=1S/C17H29FN2O/c1-4-19-17(15-9-7-8-10-16(15)18)11-12-20(5-2)13-14-21-6-3/h7-10,17,19H,4-6,11-14H2,1-3H3. The average molecular weight is 296 g/mol. The third-order valence-electron chi connectivity index (χ3n) is 3.67.